The largest absolute Gasteiger partial charge is 0.478 e. The summed E-state index contributed by atoms with van der Waals surface area (Å²) in [6.45, 7) is 1.77. The van der Waals surface area contributed by atoms with Crippen LogP contribution in [0.1, 0.15) is 15.9 Å². The van der Waals surface area contributed by atoms with E-state index < -0.39 is 11.7 Å². The van der Waals surface area contributed by atoms with E-state index in [1.807, 2.05) is 0 Å². The molecule has 1 aromatic heterocycles. The Labute approximate surface area is 84.5 Å². The van der Waals surface area contributed by atoms with Crippen molar-refractivity contribution in [2.45, 2.75) is 6.92 Å². The minimum Gasteiger partial charge on any atom is -0.478 e. The number of benzene rings is 1. The fourth-order valence-corrected chi connectivity index (χ4v) is 1.52. The number of carboxylic acid groups (broad SMARTS) is 1. The quantitative estimate of drug-likeness (QED) is 0.760. The van der Waals surface area contributed by atoms with Gasteiger partial charge in [-0.05, 0) is 24.6 Å². The van der Waals surface area contributed by atoms with Crippen molar-refractivity contribution in [2.24, 2.45) is 7.05 Å². The van der Waals surface area contributed by atoms with Gasteiger partial charge < -0.3 is 9.52 Å². The average Bonchev–Trinajstić information content (AvgIpc) is 2.43. The van der Waals surface area contributed by atoms with Gasteiger partial charge in [-0.1, -0.05) is 0 Å². The lowest BCUT2D eigenvalue weighted by atomic mass is 10.1. The Morgan fingerprint density at radius 1 is 1.47 bits per heavy atom. The number of oxazole rings is 1. The van der Waals surface area contributed by atoms with Gasteiger partial charge in [-0.15, -0.1) is 0 Å². The molecule has 0 saturated carbocycles. The first-order valence-electron chi connectivity index (χ1n) is 4.34. The molecule has 0 fully saturated rings. The third-order valence-electron chi connectivity index (χ3n) is 2.27. The van der Waals surface area contributed by atoms with Gasteiger partial charge in [0.05, 0.1) is 5.52 Å². The molecule has 0 amide bonds. The van der Waals surface area contributed by atoms with E-state index in [0.717, 1.165) is 5.56 Å². The number of hydrogen-bond donors (Lipinski definition) is 1. The predicted molar refractivity (Wildman–Crippen MR) is 53.2 cm³/mol. The number of fused-ring (bicyclic) bond motifs is 1. The highest BCUT2D eigenvalue weighted by Crippen LogP contribution is 2.19. The van der Waals surface area contributed by atoms with Crippen LogP contribution in [0.25, 0.3) is 11.1 Å². The maximum atomic E-state index is 11.2. The molecular weight excluding hydrogens is 198 g/mol. The molecule has 1 heterocycles. The number of aryl methyl sites for hydroxylation is 2. The summed E-state index contributed by atoms with van der Waals surface area (Å²) in [5.41, 5.74) is 1.41. The Balaban J connectivity index is 2.99. The summed E-state index contributed by atoms with van der Waals surface area (Å²) < 4.78 is 6.16. The number of carboxylic acids is 1. The zero-order valence-corrected chi connectivity index (χ0v) is 8.27. The van der Waals surface area contributed by atoms with Crippen molar-refractivity contribution in [3.63, 3.8) is 0 Å². The van der Waals surface area contributed by atoms with E-state index in [1.165, 1.54) is 10.6 Å². The molecule has 78 valence electrons. The van der Waals surface area contributed by atoms with E-state index in [0.29, 0.717) is 5.52 Å². The number of aromatic nitrogens is 1. The third-order valence-corrected chi connectivity index (χ3v) is 2.27. The molecule has 0 atom stereocenters. The molecule has 0 radical (unpaired) electrons. The molecule has 5 nitrogen and oxygen atoms in total. The molecule has 5 heteroatoms. The highest BCUT2D eigenvalue weighted by Gasteiger charge is 2.15. The van der Waals surface area contributed by atoms with Crippen molar-refractivity contribution in [3.05, 3.63) is 33.8 Å². The number of carbonyl (C=O) groups is 1. The summed E-state index contributed by atoms with van der Waals surface area (Å²) in [6.07, 6.45) is 0. The second-order valence-corrected chi connectivity index (χ2v) is 3.39. The number of hydrogen-bond acceptors (Lipinski definition) is 3. The van der Waals surface area contributed by atoms with Gasteiger partial charge in [0.15, 0.2) is 5.58 Å². The summed E-state index contributed by atoms with van der Waals surface area (Å²) in [6, 6.07) is 3.19. The zero-order chi connectivity index (χ0) is 11.2. The first kappa shape index (κ1) is 9.51. The van der Waals surface area contributed by atoms with Gasteiger partial charge in [-0.3, -0.25) is 4.57 Å². The van der Waals surface area contributed by atoms with Crippen LogP contribution in [0.15, 0.2) is 21.3 Å². The molecule has 1 aromatic carbocycles. The number of nitrogens with zero attached hydrogens (tertiary/aromatic N) is 1. The van der Waals surface area contributed by atoms with Gasteiger partial charge in [0.25, 0.3) is 0 Å². The third kappa shape index (κ3) is 1.32. The number of rotatable bonds is 1. The molecule has 0 aliphatic heterocycles. The van der Waals surface area contributed by atoms with E-state index in [2.05, 4.69) is 0 Å². The van der Waals surface area contributed by atoms with E-state index in [1.54, 1.807) is 20.0 Å². The van der Waals surface area contributed by atoms with Crippen LogP contribution in [0.4, 0.5) is 0 Å². The van der Waals surface area contributed by atoms with Gasteiger partial charge >= 0.3 is 11.7 Å². The maximum Gasteiger partial charge on any atom is 0.419 e. The fraction of sp³-hybridized carbons (Fsp3) is 0.200. The average molecular weight is 207 g/mol. The lowest BCUT2D eigenvalue weighted by Gasteiger charge is -1.98. The van der Waals surface area contributed by atoms with Crippen LogP contribution in [-0.4, -0.2) is 15.6 Å². The highest BCUT2D eigenvalue weighted by atomic mass is 16.4. The van der Waals surface area contributed by atoms with Gasteiger partial charge in [0, 0.05) is 7.05 Å². The molecule has 1 N–H and O–H groups in total. The van der Waals surface area contributed by atoms with Gasteiger partial charge in [-0.2, -0.15) is 0 Å². The Morgan fingerprint density at radius 2 is 2.13 bits per heavy atom. The van der Waals surface area contributed by atoms with Crippen molar-refractivity contribution in [1.82, 2.24) is 4.57 Å². The molecular formula is C10H9NO4. The predicted octanol–water partition coefficient (Wildman–Crippen LogP) is 1.14. The van der Waals surface area contributed by atoms with E-state index >= 15 is 0 Å². The van der Waals surface area contributed by atoms with Crippen LogP contribution in [0.2, 0.25) is 0 Å². The van der Waals surface area contributed by atoms with Crippen molar-refractivity contribution in [1.29, 1.82) is 0 Å². The van der Waals surface area contributed by atoms with Crippen LogP contribution in [0.5, 0.6) is 0 Å². The van der Waals surface area contributed by atoms with Gasteiger partial charge in [-0.25, -0.2) is 9.59 Å². The van der Waals surface area contributed by atoms with Crippen LogP contribution >= 0.6 is 0 Å². The lowest BCUT2D eigenvalue weighted by Crippen LogP contribution is -2.08. The summed E-state index contributed by atoms with van der Waals surface area (Å²) in [4.78, 5) is 22.1. The Bertz CT molecular complexity index is 606. The molecule has 0 bridgehead atoms. The van der Waals surface area contributed by atoms with Gasteiger partial charge in [0.1, 0.15) is 5.56 Å². The molecule has 0 aliphatic carbocycles. The zero-order valence-electron chi connectivity index (χ0n) is 8.27. The summed E-state index contributed by atoms with van der Waals surface area (Å²) in [5, 5.41) is 8.94. The van der Waals surface area contributed by atoms with Crippen LogP contribution in [-0.2, 0) is 7.05 Å². The normalized spacial score (nSPS) is 10.8. The molecule has 0 saturated heterocycles. The maximum absolute atomic E-state index is 11.2. The second kappa shape index (κ2) is 2.98. The van der Waals surface area contributed by atoms with Crippen molar-refractivity contribution >= 4 is 17.1 Å². The molecule has 0 aliphatic rings. The standard InChI is InChI=1S/C10H9NO4/c1-5-3-6(9(12)13)8-7(4-5)11(2)10(14)15-8/h3-4H,1-2H3,(H,12,13). The Hall–Kier alpha value is -2.04. The molecule has 15 heavy (non-hydrogen) atoms. The second-order valence-electron chi connectivity index (χ2n) is 3.39. The topological polar surface area (TPSA) is 72.4 Å². The van der Waals surface area contributed by atoms with E-state index in [9.17, 15) is 9.59 Å². The lowest BCUT2D eigenvalue weighted by molar-refractivity contribution is 0.0697. The monoisotopic (exact) mass is 207 g/mol. The molecule has 2 rings (SSSR count). The minimum absolute atomic E-state index is 0.0164. The number of aromatic carboxylic acids is 1. The fourth-order valence-electron chi connectivity index (χ4n) is 1.52. The summed E-state index contributed by atoms with van der Waals surface area (Å²) in [7, 11) is 1.54. The minimum atomic E-state index is -1.10. The highest BCUT2D eigenvalue weighted by molar-refractivity contribution is 6.00. The molecule has 2 aromatic rings. The van der Waals surface area contributed by atoms with Crippen molar-refractivity contribution in [3.8, 4) is 0 Å². The Morgan fingerprint density at radius 3 is 2.73 bits per heavy atom. The SMILES string of the molecule is Cc1cc(C(=O)O)c2oc(=O)n(C)c2c1. The van der Waals surface area contributed by atoms with E-state index in [4.69, 9.17) is 9.52 Å². The van der Waals surface area contributed by atoms with Crippen molar-refractivity contribution < 1.29 is 14.3 Å². The molecule has 0 unspecified atom stereocenters. The Kier molecular flexibility index (Phi) is 1.89. The summed E-state index contributed by atoms with van der Waals surface area (Å²) >= 11 is 0. The van der Waals surface area contributed by atoms with Crippen molar-refractivity contribution in [2.75, 3.05) is 0 Å². The first-order valence-corrected chi connectivity index (χ1v) is 4.34. The van der Waals surface area contributed by atoms with Gasteiger partial charge in [0.2, 0.25) is 0 Å². The van der Waals surface area contributed by atoms with Crippen LogP contribution in [0.3, 0.4) is 0 Å². The first-order chi connectivity index (χ1) is 7.00. The summed E-state index contributed by atoms with van der Waals surface area (Å²) in [5.74, 6) is -1.66. The van der Waals surface area contributed by atoms with Crippen LogP contribution in [0, 0.1) is 6.92 Å². The van der Waals surface area contributed by atoms with Crippen LogP contribution < -0.4 is 5.76 Å². The smallest absolute Gasteiger partial charge is 0.419 e. The molecule has 0 spiro atoms. The van der Waals surface area contributed by atoms with E-state index in [-0.39, 0.29) is 11.1 Å².